The Bertz CT molecular complexity index is 603. The predicted molar refractivity (Wildman–Crippen MR) is 80.8 cm³/mol. The second kappa shape index (κ2) is 5.37. The van der Waals surface area contributed by atoms with Gasteiger partial charge in [-0.1, -0.05) is 36.4 Å². The minimum Gasteiger partial charge on any atom is -0.382 e. The van der Waals surface area contributed by atoms with Crippen molar-refractivity contribution in [2.75, 3.05) is 5.32 Å². The van der Waals surface area contributed by atoms with Gasteiger partial charge in [0, 0.05) is 17.3 Å². The Morgan fingerprint density at radius 3 is 2.50 bits per heavy atom. The van der Waals surface area contributed by atoms with Gasteiger partial charge < -0.3 is 11.1 Å². The van der Waals surface area contributed by atoms with Crippen LogP contribution in [0.1, 0.15) is 34.7 Å². The Morgan fingerprint density at radius 1 is 1.05 bits per heavy atom. The first-order valence-corrected chi connectivity index (χ1v) is 6.94. The number of benzene rings is 2. The number of hydrogen-bond donors (Lipinski definition) is 2. The lowest BCUT2D eigenvalue weighted by Gasteiger charge is -2.37. The fourth-order valence-electron chi connectivity index (χ4n) is 2.73. The zero-order chi connectivity index (χ0) is 13.9. The monoisotopic (exact) mass is 266 g/mol. The van der Waals surface area contributed by atoms with Gasteiger partial charge in [0.05, 0.1) is 0 Å². The molecule has 1 fully saturated rings. The van der Waals surface area contributed by atoms with Gasteiger partial charge in [0.1, 0.15) is 0 Å². The number of primary amides is 1. The smallest absolute Gasteiger partial charge is 0.248 e. The van der Waals surface area contributed by atoms with Crippen LogP contribution in [0, 0.1) is 0 Å². The maximum atomic E-state index is 11.2. The van der Waals surface area contributed by atoms with Crippen LogP contribution in [0.2, 0.25) is 0 Å². The van der Waals surface area contributed by atoms with Crippen LogP contribution in [0.5, 0.6) is 0 Å². The van der Waals surface area contributed by atoms with Crippen LogP contribution >= 0.6 is 0 Å². The normalized spacial score (nSPS) is 21.0. The number of nitrogens with one attached hydrogen (secondary N) is 1. The molecule has 2 aromatic rings. The molecule has 3 rings (SSSR count). The van der Waals surface area contributed by atoms with E-state index in [-0.39, 0.29) is 5.91 Å². The number of amides is 1. The van der Waals surface area contributed by atoms with Gasteiger partial charge >= 0.3 is 0 Å². The summed E-state index contributed by atoms with van der Waals surface area (Å²) in [5.41, 5.74) is 8.22. The first kappa shape index (κ1) is 12.7. The van der Waals surface area contributed by atoms with E-state index in [0.717, 1.165) is 18.5 Å². The molecule has 20 heavy (non-hydrogen) atoms. The molecule has 3 nitrogen and oxygen atoms in total. The summed E-state index contributed by atoms with van der Waals surface area (Å²) in [5, 5.41) is 3.47. The molecule has 0 bridgehead atoms. The van der Waals surface area contributed by atoms with Crippen LogP contribution in [0.3, 0.4) is 0 Å². The molecule has 0 unspecified atom stereocenters. The van der Waals surface area contributed by atoms with E-state index < -0.39 is 0 Å². The molecule has 1 amide bonds. The number of anilines is 1. The molecule has 0 atom stereocenters. The summed E-state index contributed by atoms with van der Waals surface area (Å²) < 4.78 is 0. The molecule has 0 aromatic heterocycles. The summed E-state index contributed by atoms with van der Waals surface area (Å²) in [5.74, 6) is 0.262. The summed E-state index contributed by atoms with van der Waals surface area (Å²) in [6.45, 7) is 0. The van der Waals surface area contributed by atoms with E-state index in [1.807, 2.05) is 24.3 Å². The zero-order valence-corrected chi connectivity index (χ0v) is 11.3. The molecular formula is C17H18N2O. The Hall–Kier alpha value is -2.29. The van der Waals surface area contributed by atoms with E-state index in [0.29, 0.717) is 17.5 Å². The molecule has 0 radical (unpaired) electrons. The van der Waals surface area contributed by atoms with Crippen molar-refractivity contribution in [2.24, 2.45) is 5.73 Å². The summed E-state index contributed by atoms with van der Waals surface area (Å²) >= 11 is 0. The summed E-state index contributed by atoms with van der Waals surface area (Å²) in [6.07, 6.45) is 2.26. The SMILES string of the molecule is NC(=O)c1cccc(NC2CC(c3ccccc3)C2)c1. The number of carbonyl (C=O) groups excluding carboxylic acids is 1. The van der Waals surface area contributed by atoms with Crippen molar-refractivity contribution in [3.63, 3.8) is 0 Å². The lowest BCUT2D eigenvalue weighted by molar-refractivity contribution is 0.100. The van der Waals surface area contributed by atoms with Crippen LogP contribution in [0.25, 0.3) is 0 Å². The van der Waals surface area contributed by atoms with Gasteiger partial charge in [-0.15, -0.1) is 0 Å². The third-order valence-corrected chi connectivity index (χ3v) is 3.93. The summed E-state index contributed by atoms with van der Waals surface area (Å²) in [7, 11) is 0. The molecule has 1 aliphatic rings. The van der Waals surface area contributed by atoms with Crippen molar-refractivity contribution in [3.05, 3.63) is 65.7 Å². The highest BCUT2D eigenvalue weighted by molar-refractivity contribution is 5.93. The van der Waals surface area contributed by atoms with E-state index in [4.69, 9.17) is 5.73 Å². The molecular weight excluding hydrogens is 248 g/mol. The first-order chi connectivity index (χ1) is 9.72. The molecule has 102 valence electrons. The van der Waals surface area contributed by atoms with Crippen LogP contribution in [0.15, 0.2) is 54.6 Å². The highest BCUT2D eigenvalue weighted by atomic mass is 16.1. The Balaban J connectivity index is 1.59. The third-order valence-electron chi connectivity index (χ3n) is 3.93. The van der Waals surface area contributed by atoms with E-state index in [2.05, 4.69) is 29.6 Å². The second-order valence-corrected chi connectivity index (χ2v) is 5.37. The average Bonchev–Trinajstić information content (AvgIpc) is 2.43. The third kappa shape index (κ3) is 2.67. The molecule has 0 spiro atoms. The van der Waals surface area contributed by atoms with Gasteiger partial charge in [-0.05, 0) is 42.5 Å². The number of hydrogen-bond acceptors (Lipinski definition) is 2. The minimum atomic E-state index is -0.385. The Kier molecular flexibility index (Phi) is 3.42. The highest BCUT2D eigenvalue weighted by Crippen LogP contribution is 2.38. The van der Waals surface area contributed by atoms with E-state index in [9.17, 15) is 4.79 Å². The van der Waals surface area contributed by atoms with Gasteiger partial charge in [0.25, 0.3) is 0 Å². The molecule has 1 saturated carbocycles. The van der Waals surface area contributed by atoms with E-state index >= 15 is 0 Å². The van der Waals surface area contributed by atoms with Crippen molar-refractivity contribution in [2.45, 2.75) is 24.8 Å². The van der Waals surface area contributed by atoms with Gasteiger partial charge in [0.15, 0.2) is 0 Å². The number of carbonyl (C=O) groups is 1. The van der Waals surface area contributed by atoms with Gasteiger partial charge in [0.2, 0.25) is 5.91 Å². The maximum Gasteiger partial charge on any atom is 0.248 e. The highest BCUT2D eigenvalue weighted by Gasteiger charge is 2.29. The van der Waals surface area contributed by atoms with Crippen molar-refractivity contribution >= 4 is 11.6 Å². The molecule has 1 aliphatic carbocycles. The minimum absolute atomic E-state index is 0.385. The van der Waals surface area contributed by atoms with E-state index in [1.54, 1.807) is 6.07 Å². The quantitative estimate of drug-likeness (QED) is 0.893. The molecule has 3 heteroatoms. The van der Waals surface area contributed by atoms with Gasteiger partial charge in [-0.2, -0.15) is 0 Å². The van der Waals surface area contributed by atoms with Crippen molar-refractivity contribution in [1.29, 1.82) is 0 Å². The van der Waals surface area contributed by atoms with Crippen LogP contribution in [-0.4, -0.2) is 11.9 Å². The number of rotatable bonds is 4. The van der Waals surface area contributed by atoms with Crippen LogP contribution in [-0.2, 0) is 0 Å². The van der Waals surface area contributed by atoms with E-state index in [1.165, 1.54) is 5.56 Å². The van der Waals surface area contributed by atoms with Crippen LogP contribution in [0.4, 0.5) is 5.69 Å². The molecule has 0 aliphatic heterocycles. The fraction of sp³-hybridized carbons (Fsp3) is 0.235. The predicted octanol–water partition coefficient (Wildman–Crippen LogP) is 3.14. The molecule has 2 aromatic carbocycles. The van der Waals surface area contributed by atoms with Crippen molar-refractivity contribution in [1.82, 2.24) is 0 Å². The first-order valence-electron chi connectivity index (χ1n) is 6.94. The standard InChI is InChI=1S/C17H18N2O/c18-17(20)13-7-4-8-15(9-13)19-16-10-14(11-16)12-5-2-1-3-6-12/h1-9,14,16,19H,10-11H2,(H2,18,20). The lowest BCUT2D eigenvalue weighted by atomic mass is 9.76. The average molecular weight is 266 g/mol. The molecule has 0 saturated heterocycles. The zero-order valence-electron chi connectivity index (χ0n) is 11.3. The second-order valence-electron chi connectivity index (χ2n) is 5.37. The Labute approximate surface area is 118 Å². The van der Waals surface area contributed by atoms with Crippen molar-refractivity contribution < 1.29 is 4.79 Å². The topological polar surface area (TPSA) is 55.1 Å². The molecule has 3 N–H and O–H groups in total. The van der Waals surface area contributed by atoms with Crippen LogP contribution < -0.4 is 11.1 Å². The summed E-state index contributed by atoms with van der Waals surface area (Å²) in [4.78, 5) is 11.2. The molecule has 0 heterocycles. The summed E-state index contributed by atoms with van der Waals surface area (Å²) in [6, 6.07) is 18.5. The Morgan fingerprint density at radius 2 is 1.80 bits per heavy atom. The van der Waals surface area contributed by atoms with Gasteiger partial charge in [-0.3, -0.25) is 4.79 Å². The number of nitrogens with two attached hydrogens (primary N) is 1. The maximum absolute atomic E-state index is 11.2. The lowest BCUT2D eigenvalue weighted by Crippen LogP contribution is -2.34. The van der Waals surface area contributed by atoms with Gasteiger partial charge in [-0.25, -0.2) is 0 Å². The van der Waals surface area contributed by atoms with Crippen molar-refractivity contribution in [3.8, 4) is 0 Å². The fourth-order valence-corrected chi connectivity index (χ4v) is 2.73. The largest absolute Gasteiger partial charge is 0.382 e.